The average molecular weight is 325 g/mol. The molecule has 1 aromatic carbocycles. The van der Waals surface area contributed by atoms with Gasteiger partial charge in [0, 0.05) is 6.07 Å². The Balaban J connectivity index is 2.83. The van der Waals surface area contributed by atoms with E-state index in [4.69, 9.17) is 25.8 Å². The number of benzene rings is 1. The SMILES string of the molecule is CCOC(=O)c1c[n+](CC)c2cc(OC)cc(OC)c2c1Cl. The molecular weight excluding hydrogens is 306 g/mol. The van der Waals surface area contributed by atoms with Crippen LogP contribution >= 0.6 is 11.6 Å². The first kappa shape index (κ1) is 16.4. The zero-order chi connectivity index (χ0) is 16.3. The van der Waals surface area contributed by atoms with Gasteiger partial charge in [0.2, 0.25) is 5.52 Å². The molecule has 0 N–H and O–H groups in total. The second-order valence-electron chi connectivity index (χ2n) is 4.59. The molecule has 0 saturated carbocycles. The van der Waals surface area contributed by atoms with Crippen LogP contribution in [-0.4, -0.2) is 26.8 Å². The molecule has 2 rings (SSSR count). The standard InChI is InChI=1S/C16H19ClNO4/c1-5-18-9-11(16(19)22-6-2)15(17)14-12(18)7-10(20-3)8-13(14)21-4/h7-9H,5-6H2,1-4H3/q+1. The van der Waals surface area contributed by atoms with Crippen LogP contribution in [0.4, 0.5) is 0 Å². The second-order valence-corrected chi connectivity index (χ2v) is 4.96. The largest absolute Gasteiger partial charge is 0.496 e. The molecule has 5 nitrogen and oxygen atoms in total. The van der Waals surface area contributed by atoms with Crippen molar-refractivity contribution in [1.82, 2.24) is 0 Å². The summed E-state index contributed by atoms with van der Waals surface area (Å²) in [6.07, 6.45) is 1.70. The highest BCUT2D eigenvalue weighted by molar-refractivity contribution is 6.38. The Hall–Kier alpha value is -2.01. The van der Waals surface area contributed by atoms with Gasteiger partial charge >= 0.3 is 5.97 Å². The lowest BCUT2D eigenvalue weighted by molar-refractivity contribution is -0.667. The minimum Gasteiger partial charge on any atom is -0.496 e. The van der Waals surface area contributed by atoms with Crippen molar-refractivity contribution in [2.45, 2.75) is 20.4 Å². The molecule has 0 bridgehead atoms. The third kappa shape index (κ3) is 2.81. The molecule has 0 amide bonds. The molecule has 0 unspecified atom stereocenters. The van der Waals surface area contributed by atoms with Crippen LogP contribution in [0.1, 0.15) is 24.2 Å². The zero-order valence-corrected chi connectivity index (χ0v) is 13.9. The fourth-order valence-corrected chi connectivity index (χ4v) is 2.65. The summed E-state index contributed by atoms with van der Waals surface area (Å²) in [6, 6.07) is 3.60. The molecule has 0 spiro atoms. The highest BCUT2D eigenvalue weighted by Gasteiger charge is 2.25. The summed E-state index contributed by atoms with van der Waals surface area (Å²) in [4.78, 5) is 12.1. The summed E-state index contributed by atoms with van der Waals surface area (Å²) in [5, 5.41) is 0.982. The van der Waals surface area contributed by atoms with Crippen LogP contribution in [0.3, 0.4) is 0 Å². The molecule has 6 heteroatoms. The molecule has 0 saturated heterocycles. The van der Waals surface area contributed by atoms with Crippen molar-refractivity contribution < 1.29 is 23.6 Å². The summed E-state index contributed by atoms with van der Waals surface area (Å²) >= 11 is 6.45. The smallest absolute Gasteiger partial charge is 0.345 e. The van der Waals surface area contributed by atoms with Crippen molar-refractivity contribution in [2.24, 2.45) is 0 Å². The number of methoxy groups -OCH3 is 2. The Morgan fingerprint density at radius 3 is 2.50 bits per heavy atom. The van der Waals surface area contributed by atoms with E-state index >= 15 is 0 Å². The number of ether oxygens (including phenoxy) is 3. The van der Waals surface area contributed by atoms with Gasteiger partial charge in [0.05, 0.1) is 31.9 Å². The third-order valence-electron chi connectivity index (χ3n) is 3.40. The molecule has 0 atom stereocenters. The van der Waals surface area contributed by atoms with Gasteiger partial charge in [0.1, 0.15) is 29.0 Å². The highest BCUT2D eigenvalue weighted by atomic mass is 35.5. The predicted molar refractivity (Wildman–Crippen MR) is 83.9 cm³/mol. The number of carbonyl (C=O) groups excluding carboxylic acids is 1. The van der Waals surface area contributed by atoms with Crippen LogP contribution in [0.25, 0.3) is 10.9 Å². The first-order valence-electron chi connectivity index (χ1n) is 7.02. The van der Waals surface area contributed by atoms with Crippen LogP contribution in [0.15, 0.2) is 18.3 Å². The predicted octanol–water partition coefficient (Wildman–Crippen LogP) is 2.99. The molecule has 22 heavy (non-hydrogen) atoms. The summed E-state index contributed by atoms with van der Waals surface area (Å²) in [7, 11) is 3.14. The molecule has 0 aliphatic carbocycles. The summed E-state index contributed by atoms with van der Waals surface area (Å²) in [6.45, 7) is 4.69. The van der Waals surface area contributed by atoms with Gasteiger partial charge in [-0.3, -0.25) is 0 Å². The Labute approximate surface area is 134 Å². The van der Waals surface area contributed by atoms with Crippen molar-refractivity contribution in [2.75, 3.05) is 20.8 Å². The number of aromatic nitrogens is 1. The summed E-state index contributed by atoms with van der Waals surface area (Å²) in [5.41, 5.74) is 1.15. The number of fused-ring (bicyclic) bond motifs is 1. The minimum absolute atomic E-state index is 0.291. The van der Waals surface area contributed by atoms with E-state index in [1.54, 1.807) is 33.4 Å². The summed E-state index contributed by atoms with van der Waals surface area (Å²) in [5.74, 6) is 0.758. The molecule has 118 valence electrons. The number of aryl methyl sites for hydroxylation is 1. The molecule has 0 fully saturated rings. The van der Waals surface area contributed by atoms with Gasteiger partial charge in [0.15, 0.2) is 6.20 Å². The van der Waals surface area contributed by atoms with E-state index in [9.17, 15) is 4.79 Å². The maximum atomic E-state index is 12.1. The third-order valence-corrected chi connectivity index (χ3v) is 3.79. The number of hydrogen-bond donors (Lipinski definition) is 0. The van der Waals surface area contributed by atoms with Crippen molar-refractivity contribution >= 4 is 28.5 Å². The Morgan fingerprint density at radius 1 is 1.23 bits per heavy atom. The average Bonchev–Trinajstić information content (AvgIpc) is 2.54. The van der Waals surface area contributed by atoms with E-state index in [2.05, 4.69) is 0 Å². The monoisotopic (exact) mass is 324 g/mol. The van der Waals surface area contributed by atoms with Crippen LogP contribution in [0.5, 0.6) is 11.5 Å². The van der Waals surface area contributed by atoms with Gasteiger partial charge in [-0.2, -0.15) is 4.57 Å². The lowest BCUT2D eigenvalue weighted by Crippen LogP contribution is -2.34. The molecule has 0 radical (unpaired) electrons. The molecule has 1 heterocycles. The van der Waals surface area contributed by atoms with Crippen LogP contribution in [0.2, 0.25) is 5.02 Å². The lowest BCUT2D eigenvalue weighted by atomic mass is 10.1. The Kier molecular flexibility index (Phi) is 5.08. The van der Waals surface area contributed by atoms with Gasteiger partial charge in [-0.15, -0.1) is 0 Å². The topological polar surface area (TPSA) is 48.6 Å². The van der Waals surface area contributed by atoms with Crippen molar-refractivity contribution in [3.8, 4) is 11.5 Å². The first-order valence-corrected chi connectivity index (χ1v) is 7.39. The van der Waals surface area contributed by atoms with E-state index in [1.165, 1.54) is 0 Å². The van der Waals surface area contributed by atoms with E-state index in [-0.39, 0.29) is 0 Å². The first-order chi connectivity index (χ1) is 10.6. The molecule has 1 aromatic heterocycles. The Bertz CT molecular complexity index is 715. The van der Waals surface area contributed by atoms with Crippen molar-refractivity contribution in [1.29, 1.82) is 0 Å². The lowest BCUT2D eigenvalue weighted by Gasteiger charge is -2.11. The molecule has 2 aromatic rings. The van der Waals surface area contributed by atoms with Gasteiger partial charge in [0.25, 0.3) is 0 Å². The highest BCUT2D eigenvalue weighted by Crippen LogP contribution is 2.36. The van der Waals surface area contributed by atoms with Crippen LogP contribution < -0.4 is 14.0 Å². The quantitative estimate of drug-likeness (QED) is 0.626. The maximum absolute atomic E-state index is 12.1. The van der Waals surface area contributed by atoms with E-state index < -0.39 is 5.97 Å². The maximum Gasteiger partial charge on any atom is 0.345 e. The summed E-state index contributed by atoms with van der Waals surface area (Å²) < 4.78 is 17.7. The molecule has 0 aliphatic rings. The fourth-order valence-electron chi connectivity index (χ4n) is 2.33. The fraction of sp³-hybridized carbons (Fsp3) is 0.375. The minimum atomic E-state index is -0.450. The van der Waals surface area contributed by atoms with Crippen molar-refractivity contribution in [3.05, 3.63) is 28.9 Å². The van der Waals surface area contributed by atoms with Crippen LogP contribution in [-0.2, 0) is 11.3 Å². The number of pyridine rings is 1. The number of halogens is 1. The number of carbonyl (C=O) groups is 1. The van der Waals surface area contributed by atoms with E-state index in [0.717, 1.165) is 5.52 Å². The van der Waals surface area contributed by atoms with Gasteiger partial charge in [-0.1, -0.05) is 11.6 Å². The number of nitrogens with zero attached hydrogens (tertiary/aromatic N) is 1. The second kappa shape index (κ2) is 6.83. The van der Waals surface area contributed by atoms with Gasteiger partial charge < -0.3 is 14.2 Å². The van der Waals surface area contributed by atoms with E-state index in [0.29, 0.717) is 40.6 Å². The number of rotatable bonds is 5. The normalized spacial score (nSPS) is 10.6. The van der Waals surface area contributed by atoms with Gasteiger partial charge in [-0.25, -0.2) is 4.79 Å². The number of hydrogen-bond acceptors (Lipinski definition) is 4. The Morgan fingerprint density at radius 2 is 1.95 bits per heavy atom. The molecular formula is C16H19ClNO4+. The zero-order valence-electron chi connectivity index (χ0n) is 13.1. The molecule has 0 aliphatic heterocycles. The van der Waals surface area contributed by atoms with Crippen LogP contribution in [0, 0.1) is 0 Å². The van der Waals surface area contributed by atoms with E-state index in [1.807, 2.05) is 17.6 Å². The number of esters is 1. The van der Waals surface area contributed by atoms with Crippen molar-refractivity contribution in [3.63, 3.8) is 0 Å². The van der Waals surface area contributed by atoms with Gasteiger partial charge in [-0.05, 0) is 13.8 Å².